The summed E-state index contributed by atoms with van der Waals surface area (Å²) in [6.07, 6.45) is 7.59. The first-order valence-electron chi connectivity index (χ1n) is 12.0. The molecule has 31 heavy (non-hydrogen) atoms. The molecule has 5 heteroatoms. The average molecular weight is 425 g/mol. The lowest BCUT2D eigenvalue weighted by molar-refractivity contribution is -0.00925. The molecule has 2 fully saturated rings. The number of hydrogen-bond donors (Lipinski definition) is 2. The highest BCUT2D eigenvalue weighted by molar-refractivity contribution is 5.70. The Kier molecular flexibility index (Phi) is 6.60. The quantitative estimate of drug-likeness (QED) is 0.701. The van der Waals surface area contributed by atoms with E-state index in [4.69, 9.17) is 4.74 Å². The monoisotopic (exact) mass is 424 g/mol. The van der Waals surface area contributed by atoms with Gasteiger partial charge in [-0.15, -0.1) is 5.92 Å². The molecule has 0 radical (unpaired) electrons. The number of rotatable bonds is 5. The zero-order chi connectivity index (χ0) is 21.9. The minimum Gasteiger partial charge on any atom is -0.410 e. The number of benzene rings is 1. The first kappa shape index (κ1) is 22.2. The smallest absolute Gasteiger partial charge is 0.410 e. The van der Waals surface area contributed by atoms with Crippen molar-refractivity contribution in [2.75, 3.05) is 26.2 Å². The Bertz CT molecular complexity index is 867. The van der Waals surface area contributed by atoms with Gasteiger partial charge in [0, 0.05) is 13.1 Å². The molecule has 3 atom stereocenters. The molecular formula is C26H36N2O3. The summed E-state index contributed by atoms with van der Waals surface area (Å²) in [5.74, 6) is 7.04. The maximum atomic E-state index is 12.2. The van der Waals surface area contributed by atoms with Crippen LogP contribution in [-0.2, 0) is 11.8 Å². The molecule has 0 aromatic heterocycles. The van der Waals surface area contributed by atoms with E-state index >= 15 is 0 Å². The van der Waals surface area contributed by atoms with Gasteiger partial charge in [0.2, 0.25) is 0 Å². The third-order valence-electron chi connectivity index (χ3n) is 7.82. The fourth-order valence-electron chi connectivity index (χ4n) is 6.20. The molecule has 2 aliphatic carbocycles. The van der Waals surface area contributed by atoms with Crippen LogP contribution in [0.1, 0.15) is 69.9 Å². The number of likely N-dealkylation sites (tertiary alicyclic amines) is 1. The van der Waals surface area contributed by atoms with Gasteiger partial charge in [0.05, 0.1) is 0 Å². The van der Waals surface area contributed by atoms with E-state index in [9.17, 15) is 9.90 Å². The van der Waals surface area contributed by atoms with Gasteiger partial charge in [-0.05, 0) is 106 Å². The van der Waals surface area contributed by atoms with Crippen molar-refractivity contribution in [1.82, 2.24) is 10.2 Å². The molecule has 0 unspecified atom stereocenters. The summed E-state index contributed by atoms with van der Waals surface area (Å²) >= 11 is 0. The van der Waals surface area contributed by atoms with Crippen LogP contribution >= 0.6 is 0 Å². The molecule has 0 bridgehead atoms. The number of carbonyl (C=O) groups is 1. The molecule has 0 spiro atoms. The van der Waals surface area contributed by atoms with Crippen LogP contribution < -0.4 is 10.1 Å². The number of nitrogens with one attached hydrogen (secondary N) is 1. The summed E-state index contributed by atoms with van der Waals surface area (Å²) < 4.78 is 5.59. The van der Waals surface area contributed by atoms with Gasteiger partial charge in [0.1, 0.15) is 11.4 Å². The normalized spacial score (nSPS) is 30.0. The van der Waals surface area contributed by atoms with Crippen molar-refractivity contribution >= 4 is 6.09 Å². The van der Waals surface area contributed by atoms with Crippen molar-refractivity contribution in [3.63, 3.8) is 0 Å². The lowest BCUT2D eigenvalue weighted by atomic mass is 9.53. The molecule has 168 valence electrons. The van der Waals surface area contributed by atoms with Crippen molar-refractivity contribution in [1.29, 1.82) is 0 Å². The summed E-state index contributed by atoms with van der Waals surface area (Å²) in [6.45, 7) is 7.83. The third kappa shape index (κ3) is 4.61. The Balaban J connectivity index is 1.42. The highest BCUT2D eigenvalue weighted by Crippen LogP contribution is 2.54. The van der Waals surface area contributed by atoms with Gasteiger partial charge in [-0.1, -0.05) is 18.9 Å². The summed E-state index contributed by atoms with van der Waals surface area (Å²) in [4.78, 5) is 14.6. The number of nitrogens with zero attached hydrogens (tertiary/aromatic N) is 1. The molecule has 1 aromatic rings. The second-order valence-electron chi connectivity index (χ2n) is 9.54. The fraction of sp³-hybridized carbons (Fsp3) is 0.654. The first-order chi connectivity index (χ1) is 15.0. The maximum absolute atomic E-state index is 12.2. The molecule has 4 rings (SSSR count). The maximum Gasteiger partial charge on any atom is 0.412 e. The molecule has 1 aliphatic heterocycles. The number of amides is 1. The predicted octanol–water partition coefficient (Wildman–Crippen LogP) is 4.02. The zero-order valence-corrected chi connectivity index (χ0v) is 19.0. The highest BCUT2D eigenvalue weighted by Gasteiger charge is 2.50. The molecule has 1 amide bonds. The van der Waals surface area contributed by atoms with Crippen molar-refractivity contribution < 1.29 is 14.6 Å². The van der Waals surface area contributed by atoms with Crippen LogP contribution in [0.15, 0.2) is 18.2 Å². The van der Waals surface area contributed by atoms with E-state index in [0.717, 1.165) is 58.2 Å². The van der Waals surface area contributed by atoms with Gasteiger partial charge >= 0.3 is 6.09 Å². The Morgan fingerprint density at radius 3 is 2.87 bits per heavy atom. The van der Waals surface area contributed by atoms with Gasteiger partial charge in [0.15, 0.2) is 0 Å². The van der Waals surface area contributed by atoms with Crippen molar-refractivity contribution in [2.24, 2.45) is 5.92 Å². The molecule has 5 nitrogen and oxygen atoms in total. The van der Waals surface area contributed by atoms with E-state index in [0.29, 0.717) is 18.2 Å². The zero-order valence-electron chi connectivity index (χ0n) is 19.0. The van der Waals surface area contributed by atoms with Crippen molar-refractivity contribution in [2.45, 2.75) is 76.2 Å². The number of aliphatic hydroxyl groups is 1. The topological polar surface area (TPSA) is 61.8 Å². The lowest BCUT2D eigenvalue weighted by Gasteiger charge is -2.52. The largest absolute Gasteiger partial charge is 0.412 e. The number of ether oxygens (including phenoxy) is 1. The minimum atomic E-state index is -0.841. The van der Waals surface area contributed by atoms with E-state index < -0.39 is 5.60 Å². The van der Waals surface area contributed by atoms with E-state index in [1.807, 2.05) is 6.07 Å². The van der Waals surface area contributed by atoms with Gasteiger partial charge in [0.25, 0.3) is 0 Å². The van der Waals surface area contributed by atoms with Crippen LogP contribution in [0, 0.1) is 17.8 Å². The predicted molar refractivity (Wildman–Crippen MR) is 122 cm³/mol. The fourth-order valence-corrected chi connectivity index (χ4v) is 6.20. The first-order valence-corrected chi connectivity index (χ1v) is 12.0. The van der Waals surface area contributed by atoms with Crippen LogP contribution in [0.2, 0.25) is 0 Å². The number of carbonyl (C=O) groups excluding carboxylic acids is 1. The van der Waals surface area contributed by atoms with Gasteiger partial charge in [-0.2, -0.15) is 0 Å². The molecule has 1 aromatic carbocycles. The minimum absolute atomic E-state index is 0.0890. The molecule has 1 saturated heterocycles. The number of hydrogen-bond acceptors (Lipinski definition) is 4. The Labute approximate surface area is 186 Å². The third-order valence-corrected chi connectivity index (χ3v) is 7.82. The Hall–Kier alpha value is -2.03. The summed E-state index contributed by atoms with van der Waals surface area (Å²) in [7, 11) is 0. The summed E-state index contributed by atoms with van der Waals surface area (Å²) in [5, 5.41) is 13.8. The van der Waals surface area contributed by atoms with E-state index in [-0.39, 0.29) is 11.5 Å². The summed E-state index contributed by atoms with van der Waals surface area (Å²) in [5.41, 5.74) is 1.91. The standard InChI is InChI=1S/C26H36N2O3/c1-3-11-25(30)12-13-26(4-2)21(19-25)8-7-20-18-22(9-10-23(20)26)31-24(29)27-14-17-28-15-5-6-16-28/h9-10,18,21,30H,4-8,12-17,19H2,1-2H3,(H,27,29)/t21-,25-,26-/m1/s1. The van der Waals surface area contributed by atoms with Crippen LogP contribution in [0.25, 0.3) is 0 Å². The average Bonchev–Trinajstić information content (AvgIpc) is 3.27. The number of fused-ring (bicyclic) bond motifs is 3. The van der Waals surface area contributed by atoms with E-state index in [1.54, 1.807) is 6.92 Å². The second kappa shape index (κ2) is 9.22. The molecule has 1 heterocycles. The van der Waals surface area contributed by atoms with Gasteiger partial charge in [-0.3, -0.25) is 0 Å². The lowest BCUT2D eigenvalue weighted by Crippen LogP contribution is -2.49. The molecule has 1 saturated carbocycles. The summed E-state index contributed by atoms with van der Waals surface area (Å²) in [6, 6.07) is 6.15. The van der Waals surface area contributed by atoms with Crippen LogP contribution in [0.3, 0.4) is 0 Å². The molecule has 2 N–H and O–H groups in total. The molecular weight excluding hydrogens is 388 g/mol. The molecule has 3 aliphatic rings. The van der Waals surface area contributed by atoms with Crippen molar-refractivity contribution in [3.05, 3.63) is 29.3 Å². The second-order valence-corrected chi connectivity index (χ2v) is 9.54. The Morgan fingerprint density at radius 2 is 2.13 bits per heavy atom. The number of aryl methyl sites for hydroxylation is 1. The van der Waals surface area contributed by atoms with Crippen LogP contribution in [-0.4, -0.2) is 47.9 Å². The van der Waals surface area contributed by atoms with Crippen LogP contribution in [0.4, 0.5) is 4.79 Å². The van der Waals surface area contributed by atoms with Gasteiger partial charge < -0.3 is 20.1 Å². The van der Waals surface area contributed by atoms with Gasteiger partial charge in [-0.25, -0.2) is 4.79 Å². The van der Waals surface area contributed by atoms with Crippen LogP contribution in [0.5, 0.6) is 5.75 Å². The van der Waals surface area contributed by atoms with Crippen molar-refractivity contribution in [3.8, 4) is 17.6 Å². The Morgan fingerprint density at radius 1 is 1.32 bits per heavy atom. The highest BCUT2D eigenvalue weighted by atomic mass is 16.6. The van der Waals surface area contributed by atoms with E-state index in [1.165, 1.54) is 24.0 Å². The van der Waals surface area contributed by atoms with E-state index in [2.05, 4.69) is 41.1 Å². The SMILES string of the molecule is CC#C[C@@]1(O)CC[C@@]2(CC)c3ccc(OC(=O)NCCN4CCCC4)cc3CC[C@@H]2C1.